The molecule has 0 spiro atoms. The number of nitrogen functional groups attached to an aromatic ring is 1. The second-order valence-corrected chi connectivity index (χ2v) is 4.34. The molecule has 0 aliphatic heterocycles. The molecule has 0 radical (unpaired) electrons. The van der Waals surface area contributed by atoms with Gasteiger partial charge in [0.1, 0.15) is 12.4 Å². The number of hydrogen-bond donors (Lipinski definition) is 1. The third-order valence-electron chi connectivity index (χ3n) is 2.63. The molecule has 19 heavy (non-hydrogen) atoms. The maximum atomic E-state index is 13.6. The lowest BCUT2D eigenvalue weighted by Gasteiger charge is -2.25. The zero-order valence-electron chi connectivity index (χ0n) is 11.1. The smallest absolute Gasteiger partial charge is 0.325 e. The lowest BCUT2D eigenvalue weighted by Crippen LogP contribution is -2.41. The van der Waals surface area contributed by atoms with Gasteiger partial charge in [-0.1, -0.05) is 0 Å². The van der Waals surface area contributed by atoms with Crippen LogP contribution in [0.3, 0.4) is 0 Å². The summed E-state index contributed by atoms with van der Waals surface area (Å²) in [7, 11) is 1.23. The number of nitrogens with two attached hydrogens (primary N) is 1. The Morgan fingerprint density at radius 1 is 1.42 bits per heavy atom. The quantitative estimate of drug-likeness (QED) is 0.662. The molecule has 1 aromatic carbocycles. The number of anilines is 1. The van der Waals surface area contributed by atoms with Crippen LogP contribution in [0.5, 0.6) is 0 Å². The highest BCUT2D eigenvalue weighted by molar-refractivity contribution is 5.97. The summed E-state index contributed by atoms with van der Waals surface area (Å²) in [6.45, 7) is 3.22. The zero-order valence-corrected chi connectivity index (χ0v) is 11.1. The molecule has 104 valence electrons. The number of methoxy groups -OCH3 is 1. The Labute approximate surface area is 111 Å². The van der Waals surface area contributed by atoms with Gasteiger partial charge in [0.15, 0.2) is 0 Å². The summed E-state index contributed by atoms with van der Waals surface area (Å²) >= 11 is 0. The number of rotatable bonds is 4. The number of ether oxygens (including phenoxy) is 1. The molecule has 2 N–H and O–H groups in total. The fourth-order valence-electron chi connectivity index (χ4n) is 1.55. The molecule has 0 aromatic heterocycles. The van der Waals surface area contributed by atoms with Gasteiger partial charge in [-0.3, -0.25) is 9.59 Å². The van der Waals surface area contributed by atoms with Gasteiger partial charge in [-0.15, -0.1) is 0 Å². The van der Waals surface area contributed by atoms with Crippen molar-refractivity contribution in [3.05, 3.63) is 29.6 Å². The van der Waals surface area contributed by atoms with E-state index in [0.717, 1.165) is 6.07 Å². The molecule has 0 fully saturated rings. The van der Waals surface area contributed by atoms with Crippen molar-refractivity contribution in [1.82, 2.24) is 4.90 Å². The second-order valence-electron chi connectivity index (χ2n) is 4.34. The summed E-state index contributed by atoms with van der Waals surface area (Å²) in [6, 6.07) is 3.47. The Hall–Kier alpha value is -2.11. The highest BCUT2D eigenvalue weighted by Crippen LogP contribution is 2.16. The van der Waals surface area contributed by atoms with Crippen molar-refractivity contribution >= 4 is 17.6 Å². The standard InChI is InChI=1S/C13H17FN2O3/c1-8(2)16(7-12(17)19-3)13(18)10-6-9(15)4-5-11(10)14/h4-6,8H,7,15H2,1-3H3. The molecule has 1 amide bonds. The van der Waals surface area contributed by atoms with E-state index in [1.54, 1.807) is 13.8 Å². The number of esters is 1. The molecule has 6 heteroatoms. The fraction of sp³-hybridized carbons (Fsp3) is 0.385. The largest absolute Gasteiger partial charge is 0.468 e. The third kappa shape index (κ3) is 3.67. The fourth-order valence-corrected chi connectivity index (χ4v) is 1.55. The van der Waals surface area contributed by atoms with Crippen LogP contribution in [-0.2, 0) is 9.53 Å². The Morgan fingerprint density at radius 3 is 2.58 bits per heavy atom. The minimum atomic E-state index is -0.672. The molecule has 0 unspecified atom stereocenters. The van der Waals surface area contributed by atoms with Gasteiger partial charge in [0.2, 0.25) is 0 Å². The summed E-state index contributed by atoms with van der Waals surface area (Å²) in [6.07, 6.45) is 0. The van der Waals surface area contributed by atoms with Crippen LogP contribution in [0.15, 0.2) is 18.2 Å². The van der Waals surface area contributed by atoms with Crippen molar-refractivity contribution < 1.29 is 18.7 Å². The number of hydrogen-bond acceptors (Lipinski definition) is 4. The maximum absolute atomic E-state index is 13.6. The van der Waals surface area contributed by atoms with E-state index in [1.807, 2.05) is 0 Å². The molecule has 0 heterocycles. The van der Waals surface area contributed by atoms with Crippen LogP contribution in [0.1, 0.15) is 24.2 Å². The van der Waals surface area contributed by atoms with Gasteiger partial charge in [0.05, 0.1) is 12.7 Å². The Bertz CT molecular complexity index is 489. The number of halogens is 1. The van der Waals surface area contributed by atoms with Crippen molar-refractivity contribution in [2.75, 3.05) is 19.4 Å². The predicted molar refractivity (Wildman–Crippen MR) is 69.0 cm³/mol. The highest BCUT2D eigenvalue weighted by atomic mass is 19.1. The van der Waals surface area contributed by atoms with Crippen LogP contribution in [0.2, 0.25) is 0 Å². The van der Waals surface area contributed by atoms with Crippen LogP contribution >= 0.6 is 0 Å². The van der Waals surface area contributed by atoms with E-state index in [4.69, 9.17) is 5.73 Å². The number of carbonyl (C=O) groups excluding carboxylic acids is 2. The number of benzene rings is 1. The molecule has 0 aliphatic carbocycles. The van der Waals surface area contributed by atoms with Crippen molar-refractivity contribution in [2.45, 2.75) is 19.9 Å². The minimum absolute atomic E-state index is 0.155. The third-order valence-corrected chi connectivity index (χ3v) is 2.63. The van der Waals surface area contributed by atoms with Crippen LogP contribution in [0, 0.1) is 5.82 Å². The first kappa shape index (κ1) is 14.9. The lowest BCUT2D eigenvalue weighted by molar-refractivity contribution is -0.141. The van der Waals surface area contributed by atoms with Crippen molar-refractivity contribution in [1.29, 1.82) is 0 Å². The van der Waals surface area contributed by atoms with E-state index in [0.29, 0.717) is 0 Å². The summed E-state index contributed by atoms with van der Waals surface area (Å²) in [5, 5.41) is 0. The summed E-state index contributed by atoms with van der Waals surface area (Å²) in [5.74, 6) is -1.83. The van der Waals surface area contributed by atoms with E-state index in [-0.39, 0.29) is 23.8 Å². The molecule has 1 rings (SSSR count). The summed E-state index contributed by atoms with van der Waals surface area (Å²) < 4.78 is 18.2. The van der Waals surface area contributed by atoms with E-state index in [1.165, 1.54) is 24.1 Å². The van der Waals surface area contributed by atoms with Gasteiger partial charge in [0.25, 0.3) is 5.91 Å². The van der Waals surface area contributed by atoms with Crippen molar-refractivity contribution in [3.8, 4) is 0 Å². The van der Waals surface area contributed by atoms with Gasteiger partial charge < -0.3 is 15.4 Å². The molecule has 0 saturated carbocycles. The SMILES string of the molecule is COC(=O)CN(C(=O)c1cc(N)ccc1F)C(C)C. The Kier molecular flexibility index (Phi) is 4.86. The molecule has 5 nitrogen and oxygen atoms in total. The van der Waals surface area contributed by atoms with Crippen molar-refractivity contribution in [3.63, 3.8) is 0 Å². The van der Waals surface area contributed by atoms with Crippen LogP contribution < -0.4 is 5.73 Å². The number of amides is 1. The van der Waals surface area contributed by atoms with Gasteiger partial charge in [-0.25, -0.2) is 4.39 Å². The van der Waals surface area contributed by atoms with E-state index >= 15 is 0 Å². The topological polar surface area (TPSA) is 72.6 Å². The first-order valence-corrected chi connectivity index (χ1v) is 5.79. The molecule has 0 saturated heterocycles. The average molecular weight is 268 g/mol. The monoisotopic (exact) mass is 268 g/mol. The van der Waals surface area contributed by atoms with E-state index < -0.39 is 17.7 Å². The Balaban J connectivity index is 3.05. The van der Waals surface area contributed by atoms with Crippen LogP contribution in [0.25, 0.3) is 0 Å². The first-order chi connectivity index (χ1) is 8.86. The molecular formula is C13H17FN2O3. The molecule has 0 atom stereocenters. The van der Waals surface area contributed by atoms with Gasteiger partial charge in [0, 0.05) is 11.7 Å². The first-order valence-electron chi connectivity index (χ1n) is 5.79. The maximum Gasteiger partial charge on any atom is 0.325 e. The van der Waals surface area contributed by atoms with E-state index in [2.05, 4.69) is 4.74 Å². The highest BCUT2D eigenvalue weighted by Gasteiger charge is 2.24. The van der Waals surface area contributed by atoms with Crippen LogP contribution in [-0.4, -0.2) is 36.5 Å². The zero-order chi connectivity index (χ0) is 14.6. The van der Waals surface area contributed by atoms with Crippen molar-refractivity contribution in [2.24, 2.45) is 0 Å². The second kappa shape index (κ2) is 6.17. The van der Waals surface area contributed by atoms with Gasteiger partial charge >= 0.3 is 5.97 Å². The Morgan fingerprint density at radius 2 is 2.05 bits per heavy atom. The molecular weight excluding hydrogens is 251 g/mol. The molecule has 0 bridgehead atoms. The average Bonchev–Trinajstić information content (AvgIpc) is 2.37. The number of nitrogens with zero attached hydrogens (tertiary/aromatic N) is 1. The van der Waals surface area contributed by atoms with Gasteiger partial charge in [-0.2, -0.15) is 0 Å². The summed E-state index contributed by atoms with van der Waals surface area (Å²) in [5.41, 5.74) is 5.67. The minimum Gasteiger partial charge on any atom is -0.468 e. The molecule has 0 aliphatic rings. The normalized spacial score (nSPS) is 10.4. The molecule has 1 aromatic rings. The number of carbonyl (C=O) groups is 2. The van der Waals surface area contributed by atoms with Gasteiger partial charge in [-0.05, 0) is 32.0 Å². The predicted octanol–water partition coefficient (Wildman–Crippen LogP) is 1.43. The summed E-state index contributed by atoms with van der Waals surface area (Å²) in [4.78, 5) is 24.7. The van der Waals surface area contributed by atoms with Crippen LogP contribution in [0.4, 0.5) is 10.1 Å². The van der Waals surface area contributed by atoms with E-state index in [9.17, 15) is 14.0 Å². The lowest BCUT2D eigenvalue weighted by atomic mass is 10.1.